The van der Waals surface area contributed by atoms with E-state index in [-0.39, 0.29) is 12.5 Å². The van der Waals surface area contributed by atoms with Crippen molar-refractivity contribution in [3.05, 3.63) is 59.9 Å². The third kappa shape index (κ3) is 4.37. The van der Waals surface area contributed by atoms with E-state index in [1.165, 1.54) is 6.26 Å². The predicted molar refractivity (Wildman–Crippen MR) is 97.5 cm³/mol. The number of aryl methyl sites for hydroxylation is 1. The van der Waals surface area contributed by atoms with Gasteiger partial charge in [0.15, 0.2) is 18.1 Å². The Hall–Kier alpha value is -3.20. The molecule has 0 N–H and O–H groups in total. The van der Waals surface area contributed by atoms with E-state index < -0.39 is 0 Å². The molecule has 1 aliphatic rings. The van der Waals surface area contributed by atoms with Crippen LogP contribution in [0.5, 0.6) is 5.75 Å². The second-order valence-electron chi connectivity index (χ2n) is 6.53. The van der Waals surface area contributed by atoms with Crippen molar-refractivity contribution in [1.82, 2.24) is 24.9 Å². The quantitative estimate of drug-likeness (QED) is 0.637. The summed E-state index contributed by atoms with van der Waals surface area (Å²) in [5, 5.41) is 3.91. The Labute approximate surface area is 161 Å². The molecule has 0 spiro atoms. The summed E-state index contributed by atoms with van der Waals surface area (Å²) in [7, 11) is 0. The fraction of sp³-hybridized carbons (Fsp3) is 0.368. The van der Waals surface area contributed by atoms with Crippen LogP contribution >= 0.6 is 0 Å². The summed E-state index contributed by atoms with van der Waals surface area (Å²) in [4.78, 5) is 25.1. The Morgan fingerprint density at radius 2 is 1.93 bits per heavy atom. The molecule has 0 radical (unpaired) electrons. The summed E-state index contributed by atoms with van der Waals surface area (Å²) in [6.07, 6.45) is 1.39. The number of para-hydroxylation sites is 1. The van der Waals surface area contributed by atoms with Crippen LogP contribution < -0.4 is 4.74 Å². The maximum atomic E-state index is 12.7. The van der Waals surface area contributed by atoms with E-state index >= 15 is 0 Å². The van der Waals surface area contributed by atoms with Gasteiger partial charge in [-0.1, -0.05) is 23.4 Å². The number of nitrogens with zero attached hydrogens (tertiary/aromatic N) is 5. The van der Waals surface area contributed by atoms with Crippen molar-refractivity contribution in [2.24, 2.45) is 0 Å². The highest BCUT2D eigenvalue weighted by Gasteiger charge is 2.25. The maximum absolute atomic E-state index is 12.7. The Bertz CT molecular complexity index is 915. The van der Waals surface area contributed by atoms with Gasteiger partial charge in [0.2, 0.25) is 11.8 Å². The fourth-order valence-corrected chi connectivity index (χ4v) is 3.01. The number of amides is 1. The average molecular weight is 383 g/mol. The minimum Gasteiger partial charge on any atom is -0.484 e. The monoisotopic (exact) mass is 383 g/mol. The summed E-state index contributed by atoms with van der Waals surface area (Å²) in [5.74, 6) is 2.18. The molecule has 1 saturated heterocycles. The van der Waals surface area contributed by atoms with E-state index in [2.05, 4.69) is 20.0 Å². The summed E-state index contributed by atoms with van der Waals surface area (Å²) in [6, 6.07) is 9.39. The second-order valence-corrected chi connectivity index (χ2v) is 6.53. The van der Waals surface area contributed by atoms with Crippen molar-refractivity contribution < 1.29 is 18.5 Å². The van der Waals surface area contributed by atoms with Crippen LogP contribution in [0.3, 0.4) is 0 Å². The number of aromatic nitrogens is 3. The maximum Gasteiger partial charge on any atom is 0.275 e. The normalized spacial score (nSPS) is 15.0. The van der Waals surface area contributed by atoms with Crippen LogP contribution in [0.15, 0.2) is 45.5 Å². The Kier molecular flexibility index (Phi) is 5.34. The number of hydrogen-bond acceptors (Lipinski definition) is 8. The van der Waals surface area contributed by atoms with Crippen molar-refractivity contribution in [2.45, 2.75) is 20.1 Å². The molecule has 1 aromatic carbocycles. The molecule has 0 unspecified atom stereocenters. The first kappa shape index (κ1) is 18.2. The lowest BCUT2D eigenvalue weighted by molar-refractivity contribution is 0.0618. The van der Waals surface area contributed by atoms with Gasteiger partial charge < -0.3 is 18.6 Å². The number of carbonyl (C=O) groups excluding carboxylic acids is 1. The number of benzene rings is 1. The van der Waals surface area contributed by atoms with Gasteiger partial charge >= 0.3 is 0 Å². The zero-order valence-corrected chi connectivity index (χ0v) is 15.6. The van der Waals surface area contributed by atoms with Gasteiger partial charge in [-0.15, -0.1) is 0 Å². The zero-order chi connectivity index (χ0) is 19.3. The van der Waals surface area contributed by atoms with Crippen molar-refractivity contribution in [1.29, 1.82) is 0 Å². The van der Waals surface area contributed by atoms with Crippen molar-refractivity contribution in [3.63, 3.8) is 0 Å². The molecule has 2 aromatic heterocycles. The van der Waals surface area contributed by atoms with E-state index in [9.17, 15) is 4.79 Å². The highest BCUT2D eigenvalue weighted by Crippen LogP contribution is 2.14. The van der Waals surface area contributed by atoms with Crippen LogP contribution in [0.25, 0.3) is 0 Å². The SMILES string of the molecule is Cc1nc(CN2CCN(C(=O)c3coc(COc4ccccc4)n3)CC2)no1. The van der Waals surface area contributed by atoms with Gasteiger partial charge in [-0.25, -0.2) is 4.98 Å². The van der Waals surface area contributed by atoms with E-state index in [0.29, 0.717) is 42.9 Å². The van der Waals surface area contributed by atoms with Crippen molar-refractivity contribution >= 4 is 5.91 Å². The molecule has 9 heteroatoms. The summed E-state index contributed by atoms with van der Waals surface area (Å²) >= 11 is 0. The van der Waals surface area contributed by atoms with Crippen LogP contribution in [0.4, 0.5) is 0 Å². The van der Waals surface area contributed by atoms with E-state index in [1.807, 2.05) is 30.3 Å². The molecule has 3 heterocycles. The highest BCUT2D eigenvalue weighted by molar-refractivity contribution is 5.92. The zero-order valence-electron chi connectivity index (χ0n) is 15.6. The second kappa shape index (κ2) is 8.22. The first-order valence-corrected chi connectivity index (χ1v) is 9.10. The van der Waals surface area contributed by atoms with Crippen LogP contribution in [-0.2, 0) is 13.2 Å². The molecule has 3 aromatic rings. The molecule has 1 aliphatic heterocycles. The minimum absolute atomic E-state index is 0.134. The molecule has 28 heavy (non-hydrogen) atoms. The molecule has 0 aliphatic carbocycles. The third-order valence-electron chi connectivity index (χ3n) is 4.47. The van der Waals surface area contributed by atoms with Gasteiger partial charge in [-0.2, -0.15) is 4.98 Å². The van der Waals surface area contributed by atoms with Gasteiger partial charge in [0.1, 0.15) is 12.0 Å². The molecule has 146 valence electrons. The van der Waals surface area contributed by atoms with Gasteiger partial charge in [-0.3, -0.25) is 9.69 Å². The smallest absolute Gasteiger partial charge is 0.275 e. The van der Waals surface area contributed by atoms with Crippen molar-refractivity contribution in [3.8, 4) is 5.75 Å². The molecule has 0 atom stereocenters. The third-order valence-corrected chi connectivity index (χ3v) is 4.47. The van der Waals surface area contributed by atoms with E-state index in [0.717, 1.165) is 18.8 Å². The van der Waals surface area contributed by atoms with Gasteiger partial charge in [0.05, 0.1) is 6.54 Å². The number of rotatable bonds is 6. The largest absolute Gasteiger partial charge is 0.484 e. The van der Waals surface area contributed by atoms with Crippen LogP contribution in [0, 0.1) is 6.92 Å². The Morgan fingerprint density at radius 3 is 2.64 bits per heavy atom. The topological polar surface area (TPSA) is 97.7 Å². The minimum atomic E-state index is -0.134. The number of oxazole rings is 1. The van der Waals surface area contributed by atoms with Crippen LogP contribution in [0.1, 0.15) is 28.1 Å². The molecular formula is C19H21N5O4. The van der Waals surface area contributed by atoms with Gasteiger partial charge in [0, 0.05) is 33.1 Å². The predicted octanol–water partition coefficient (Wildman–Crippen LogP) is 1.90. The number of hydrogen-bond donors (Lipinski definition) is 0. The number of carbonyl (C=O) groups is 1. The molecule has 4 rings (SSSR count). The summed E-state index contributed by atoms with van der Waals surface area (Å²) in [5.41, 5.74) is 0.300. The molecular weight excluding hydrogens is 362 g/mol. The van der Waals surface area contributed by atoms with Gasteiger partial charge in [0.25, 0.3) is 5.91 Å². The Balaban J connectivity index is 1.27. The Morgan fingerprint density at radius 1 is 1.14 bits per heavy atom. The fourth-order valence-electron chi connectivity index (χ4n) is 3.01. The molecule has 9 nitrogen and oxygen atoms in total. The number of piperazine rings is 1. The average Bonchev–Trinajstić information content (AvgIpc) is 3.36. The lowest BCUT2D eigenvalue weighted by atomic mass is 10.3. The van der Waals surface area contributed by atoms with Crippen LogP contribution in [0.2, 0.25) is 0 Å². The summed E-state index contributed by atoms with van der Waals surface area (Å²) in [6.45, 7) is 5.25. The summed E-state index contributed by atoms with van der Waals surface area (Å²) < 4.78 is 16.0. The van der Waals surface area contributed by atoms with E-state index in [4.69, 9.17) is 13.7 Å². The lowest BCUT2D eigenvalue weighted by Crippen LogP contribution is -2.48. The first-order valence-electron chi connectivity index (χ1n) is 9.10. The standard InChI is InChI=1S/C19H21N5O4/c1-14-20-17(22-28-14)11-23-7-9-24(10-8-23)19(25)16-12-27-18(21-16)13-26-15-5-3-2-4-6-15/h2-6,12H,7-11,13H2,1H3. The highest BCUT2D eigenvalue weighted by atomic mass is 16.5. The van der Waals surface area contributed by atoms with Crippen molar-refractivity contribution in [2.75, 3.05) is 26.2 Å². The lowest BCUT2D eigenvalue weighted by Gasteiger charge is -2.33. The molecule has 0 bridgehead atoms. The van der Waals surface area contributed by atoms with Crippen LogP contribution in [-0.4, -0.2) is 57.0 Å². The van der Waals surface area contributed by atoms with Gasteiger partial charge in [-0.05, 0) is 12.1 Å². The molecule has 1 amide bonds. The number of ether oxygens (including phenoxy) is 1. The molecule has 1 fully saturated rings. The molecule has 0 saturated carbocycles. The van der Waals surface area contributed by atoms with E-state index in [1.54, 1.807) is 11.8 Å². The first-order chi connectivity index (χ1) is 13.7.